The van der Waals surface area contributed by atoms with E-state index in [1.807, 2.05) is 31.2 Å². The summed E-state index contributed by atoms with van der Waals surface area (Å²) < 4.78 is 11.4. The molecule has 0 bridgehead atoms. The number of hydrogen-bond donors (Lipinski definition) is 1. The molecule has 36 heavy (non-hydrogen) atoms. The van der Waals surface area contributed by atoms with Crippen LogP contribution in [0.2, 0.25) is 5.02 Å². The summed E-state index contributed by atoms with van der Waals surface area (Å²) in [5.74, 6) is 0.297. The van der Waals surface area contributed by atoms with Gasteiger partial charge in [0.2, 0.25) is 0 Å². The van der Waals surface area contributed by atoms with Gasteiger partial charge in [0.1, 0.15) is 11.5 Å². The summed E-state index contributed by atoms with van der Waals surface area (Å²) in [4.78, 5) is 24.5. The monoisotopic (exact) mass is 512 g/mol. The van der Waals surface area contributed by atoms with Gasteiger partial charge in [0.05, 0.1) is 5.69 Å². The van der Waals surface area contributed by atoms with Crippen LogP contribution in [0, 0.1) is 12.3 Å². The molecule has 2 heterocycles. The van der Waals surface area contributed by atoms with Crippen LogP contribution >= 0.6 is 11.6 Å². The Morgan fingerprint density at radius 3 is 2.56 bits per heavy atom. The van der Waals surface area contributed by atoms with Gasteiger partial charge in [0.25, 0.3) is 0 Å². The second kappa shape index (κ2) is 10.6. The zero-order valence-electron chi connectivity index (χ0n) is 21.3. The van der Waals surface area contributed by atoms with Gasteiger partial charge in [-0.2, -0.15) is 0 Å². The Hall–Kier alpha value is -2.93. The van der Waals surface area contributed by atoms with E-state index in [0.717, 1.165) is 41.7 Å². The number of halogens is 1. The molecule has 8 heteroatoms. The lowest BCUT2D eigenvalue weighted by Crippen LogP contribution is -2.13. The minimum absolute atomic E-state index is 0.0173. The van der Waals surface area contributed by atoms with E-state index in [1.165, 1.54) is 0 Å². The van der Waals surface area contributed by atoms with E-state index < -0.39 is 5.97 Å². The average molecular weight is 513 g/mol. The molecule has 2 aromatic heterocycles. The number of ketones is 1. The summed E-state index contributed by atoms with van der Waals surface area (Å²) in [7, 11) is 0. The van der Waals surface area contributed by atoms with Crippen molar-refractivity contribution in [3.8, 4) is 11.5 Å². The number of benzene rings is 1. The molecule has 1 atom stereocenters. The number of nitrogens with zero attached hydrogens (tertiary/aromatic N) is 2. The molecule has 1 aromatic carbocycles. The molecule has 1 fully saturated rings. The Balaban J connectivity index is 1.60. The van der Waals surface area contributed by atoms with Gasteiger partial charge in [-0.1, -0.05) is 54.8 Å². The second-order valence-electron chi connectivity index (χ2n) is 11.1. The van der Waals surface area contributed by atoms with Crippen LogP contribution in [0.5, 0.6) is 0 Å². The summed E-state index contributed by atoms with van der Waals surface area (Å²) in [5, 5.41) is 18.5. The maximum absolute atomic E-state index is 13.1. The zero-order valence-corrected chi connectivity index (χ0v) is 22.0. The number of rotatable bonds is 11. The molecule has 0 spiro atoms. The third-order valence-corrected chi connectivity index (χ3v) is 6.75. The number of carboxylic acid groups (broad SMARTS) is 1. The number of hydrogen-bond acceptors (Lipinski definition) is 6. The van der Waals surface area contributed by atoms with E-state index in [1.54, 1.807) is 0 Å². The van der Waals surface area contributed by atoms with E-state index in [9.17, 15) is 14.7 Å². The Morgan fingerprint density at radius 2 is 1.92 bits per heavy atom. The molecule has 1 saturated carbocycles. The molecule has 0 aliphatic heterocycles. The molecule has 1 N–H and O–H groups in total. The van der Waals surface area contributed by atoms with E-state index >= 15 is 0 Å². The Morgan fingerprint density at radius 1 is 1.17 bits per heavy atom. The second-order valence-corrected chi connectivity index (χ2v) is 11.6. The number of carbonyl (C=O) groups is 2. The number of carbonyl (C=O) groups excluding carboxylic acids is 1. The van der Waals surface area contributed by atoms with Gasteiger partial charge in [-0.3, -0.25) is 9.59 Å². The highest BCUT2D eigenvalue weighted by atomic mass is 35.5. The van der Waals surface area contributed by atoms with Crippen molar-refractivity contribution in [3.63, 3.8) is 0 Å². The van der Waals surface area contributed by atoms with Crippen LogP contribution in [0.1, 0.15) is 92.9 Å². The van der Waals surface area contributed by atoms with Crippen LogP contribution in [0.15, 0.2) is 33.3 Å². The first-order valence-corrected chi connectivity index (χ1v) is 12.8. The van der Waals surface area contributed by atoms with Crippen molar-refractivity contribution < 1.29 is 23.7 Å². The van der Waals surface area contributed by atoms with Gasteiger partial charge in [-0.15, -0.1) is 0 Å². The van der Waals surface area contributed by atoms with Crippen molar-refractivity contribution >= 4 is 23.4 Å². The topological polar surface area (TPSA) is 106 Å². The quantitative estimate of drug-likeness (QED) is 0.297. The zero-order chi connectivity index (χ0) is 26.0. The predicted octanol–water partition coefficient (Wildman–Crippen LogP) is 6.91. The van der Waals surface area contributed by atoms with Gasteiger partial charge in [0.15, 0.2) is 11.5 Å². The predicted molar refractivity (Wildman–Crippen MR) is 136 cm³/mol. The lowest BCUT2D eigenvalue weighted by atomic mass is 9.87. The number of aryl methyl sites for hydroxylation is 1. The molecule has 1 aliphatic rings. The maximum Gasteiger partial charge on any atom is 0.303 e. The van der Waals surface area contributed by atoms with Crippen molar-refractivity contribution in [2.75, 3.05) is 0 Å². The van der Waals surface area contributed by atoms with E-state index in [0.29, 0.717) is 28.6 Å². The number of Topliss-reactive ketones (excluding diaryl/α,β-unsaturated/α-hetero) is 1. The highest BCUT2D eigenvalue weighted by Crippen LogP contribution is 2.48. The largest absolute Gasteiger partial charge is 0.481 e. The van der Waals surface area contributed by atoms with Crippen LogP contribution < -0.4 is 0 Å². The van der Waals surface area contributed by atoms with Gasteiger partial charge in [-0.25, -0.2) is 0 Å². The minimum atomic E-state index is -0.908. The van der Waals surface area contributed by atoms with Crippen molar-refractivity contribution in [1.29, 1.82) is 0 Å². The average Bonchev–Trinajstić information content (AvgIpc) is 3.35. The van der Waals surface area contributed by atoms with E-state index in [2.05, 4.69) is 31.1 Å². The standard InChI is InChI=1S/C28H33ClN2O5/c1-16-5-6-18(22(29)11-16)12-20(32)13-19(9-10-24(33)34)26-25(17-7-8-17)27(36-31-26)23-14-21(35-30-23)15-28(2,3)4/h5-6,11,14,17,19H,7-10,12-13,15H2,1-4H3,(H,33,34)/t19-/m0/s1. The van der Waals surface area contributed by atoms with Crippen molar-refractivity contribution in [2.24, 2.45) is 5.41 Å². The van der Waals surface area contributed by atoms with Crippen molar-refractivity contribution in [3.05, 3.63) is 57.4 Å². The SMILES string of the molecule is Cc1ccc(CC(=O)C[C@H](CCC(=O)O)c2noc(-c3cc(CC(C)(C)C)on3)c2C2CC2)c(Cl)c1. The minimum Gasteiger partial charge on any atom is -0.481 e. The lowest BCUT2D eigenvalue weighted by Gasteiger charge is -2.15. The third-order valence-electron chi connectivity index (χ3n) is 6.40. The first-order chi connectivity index (χ1) is 17.0. The maximum atomic E-state index is 13.1. The van der Waals surface area contributed by atoms with E-state index in [-0.39, 0.29) is 42.3 Å². The summed E-state index contributed by atoms with van der Waals surface area (Å²) in [6, 6.07) is 7.52. The smallest absolute Gasteiger partial charge is 0.303 e. The molecular weight excluding hydrogens is 480 g/mol. The number of aromatic nitrogens is 2. The van der Waals surface area contributed by atoms with Crippen LogP contribution in [0.25, 0.3) is 11.5 Å². The van der Waals surface area contributed by atoms with Crippen LogP contribution in [-0.2, 0) is 22.4 Å². The highest BCUT2D eigenvalue weighted by molar-refractivity contribution is 6.31. The van der Waals surface area contributed by atoms with Gasteiger partial charge >= 0.3 is 5.97 Å². The molecule has 0 unspecified atom stereocenters. The molecular formula is C28H33ClN2O5. The summed E-state index contributed by atoms with van der Waals surface area (Å²) in [6.45, 7) is 8.34. The molecule has 192 valence electrons. The van der Waals surface area contributed by atoms with Crippen LogP contribution in [0.3, 0.4) is 0 Å². The van der Waals surface area contributed by atoms with Gasteiger partial charge in [-0.05, 0) is 54.7 Å². The fourth-order valence-corrected chi connectivity index (χ4v) is 4.87. The summed E-state index contributed by atoms with van der Waals surface area (Å²) in [6.07, 6.45) is 3.30. The normalized spacial score (nSPS) is 14.7. The molecule has 1 aliphatic carbocycles. The molecule has 4 rings (SSSR count). The van der Waals surface area contributed by atoms with Gasteiger partial charge in [0, 0.05) is 48.3 Å². The third kappa shape index (κ3) is 6.64. The molecule has 0 amide bonds. The Labute approximate surface area is 216 Å². The fraction of sp³-hybridized carbons (Fsp3) is 0.500. The summed E-state index contributed by atoms with van der Waals surface area (Å²) >= 11 is 6.34. The fourth-order valence-electron chi connectivity index (χ4n) is 4.57. The van der Waals surface area contributed by atoms with Crippen LogP contribution in [0.4, 0.5) is 0 Å². The van der Waals surface area contributed by atoms with Crippen molar-refractivity contribution in [1.82, 2.24) is 10.3 Å². The molecule has 0 radical (unpaired) electrons. The number of carboxylic acids is 1. The molecule has 0 saturated heterocycles. The van der Waals surface area contributed by atoms with Gasteiger partial charge < -0.3 is 14.2 Å². The highest BCUT2D eigenvalue weighted by Gasteiger charge is 2.37. The number of aliphatic carboxylic acids is 1. The first kappa shape index (κ1) is 26.1. The Bertz CT molecular complexity index is 1250. The first-order valence-electron chi connectivity index (χ1n) is 12.4. The Kier molecular flexibility index (Phi) is 7.69. The molecule has 3 aromatic rings. The van der Waals surface area contributed by atoms with E-state index in [4.69, 9.17) is 20.6 Å². The van der Waals surface area contributed by atoms with Crippen LogP contribution in [-0.4, -0.2) is 27.2 Å². The molecule has 7 nitrogen and oxygen atoms in total. The lowest BCUT2D eigenvalue weighted by molar-refractivity contribution is -0.137. The summed E-state index contributed by atoms with van der Waals surface area (Å²) in [5.41, 5.74) is 4.02. The van der Waals surface area contributed by atoms with Crippen molar-refractivity contribution in [2.45, 2.75) is 84.5 Å².